The standard InChI is InChI=1S/C24H45P/c1-9-13-17-21(5)25(22(6)18-14-10-2,23(7)19-15-11-3)24(8)20-16-12-4/h9-16,21-25H,17-20H2,1-8H3. The van der Waals surface area contributed by atoms with Crippen LogP contribution in [-0.4, -0.2) is 22.6 Å². The average Bonchev–Trinajstić information content (AvgIpc) is 2.61. The van der Waals surface area contributed by atoms with Gasteiger partial charge in [0.1, 0.15) is 0 Å². The molecular weight excluding hydrogens is 319 g/mol. The Kier molecular flexibility index (Phi) is 13.2. The van der Waals surface area contributed by atoms with Gasteiger partial charge >= 0.3 is 160 Å². The molecule has 0 saturated carbocycles. The third-order valence-corrected chi connectivity index (χ3v) is 14.1. The van der Waals surface area contributed by atoms with Gasteiger partial charge in [0.15, 0.2) is 0 Å². The third kappa shape index (κ3) is 6.90. The molecule has 0 saturated heterocycles. The molecule has 0 N–H and O–H groups in total. The predicted octanol–water partition coefficient (Wildman–Crippen LogP) is 8.16. The van der Waals surface area contributed by atoms with Crippen molar-refractivity contribution in [3.05, 3.63) is 48.6 Å². The number of rotatable bonds is 12. The number of hydrogen-bond donors (Lipinski definition) is 0. The van der Waals surface area contributed by atoms with Crippen LogP contribution in [-0.2, 0) is 0 Å². The van der Waals surface area contributed by atoms with Crippen LogP contribution in [0.1, 0.15) is 81.1 Å². The summed E-state index contributed by atoms with van der Waals surface area (Å²) in [7, 11) is -1.56. The summed E-state index contributed by atoms with van der Waals surface area (Å²) < 4.78 is 0. The zero-order valence-corrected chi connectivity index (χ0v) is 19.3. The van der Waals surface area contributed by atoms with Crippen molar-refractivity contribution in [2.24, 2.45) is 0 Å². The summed E-state index contributed by atoms with van der Waals surface area (Å²) in [6.07, 6.45) is 23.5. The fraction of sp³-hybridized carbons (Fsp3) is 0.667. The first-order valence-corrected chi connectivity index (χ1v) is 12.7. The zero-order valence-electron chi connectivity index (χ0n) is 18.3. The van der Waals surface area contributed by atoms with E-state index in [1.165, 1.54) is 25.7 Å². The van der Waals surface area contributed by atoms with E-state index in [4.69, 9.17) is 0 Å². The van der Waals surface area contributed by atoms with Gasteiger partial charge in [-0.25, -0.2) is 0 Å². The van der Waals surface area contributed by atoms with Crippen molar-refractivity contribution >= 4 is 7.26 Å². The normalized spacial score (nSPS) is 19.2. The van der Waals surface area contributed by atoms with E-state index in [9.17, 15) is 0 Å². The molecule has 0 spiro atoms. The van der Waals surface area contributed by atoms with Crippen molar-refractivity contribution < 1.29 is 0 Å². The molecule has 25 heavy (non-hydrogen) atoms. The fourth-order valence-electron chi connectivity index (χ4n) is 5.09. The van der Waals surface area contributed by atoms with Crippen molar-refractivity contribution in [2.45, 2.75) is 104 Å². The molecule has 0 heterocycles. The molecular formula is C24H45P. The molecule has 0 aliphatic heterocycles. The van der Waals surface area contributed by atoms with Crippen LogP contribution < -0.4 is 0 Å². The Bertz CT molecular complexity index is 356. The van der Waals surface area contributed by atoms with Gasteiger partial charge in [0.25, 0.3) is 0 Å². The molecule has 0 aromatic heterocycles. The quantitative estimate of drug-likeness (QED) is 0.242. The van der Waals surface area contributed by atoms with E-state index in [-0.39, 0.29) is 0 Å². The van der Waals surface area contributed by atoms with Gasteiger partial charge in [0.05, 0.1) is 0 Å². The maximum atomic E-state index is 2.55. The van der Waals surface area contributed by atoms with Crippen LogP contribution in [0.4, 0.5) is 0 Å². The Balaban J connectivity index is 6.05. The Hall–Kier alpha value is -0.610. The summed E-state index contributed by atoms with van der Waals surface area (Å²) in [5.41, 5.74) is 3.24. The zero-order chi connectivity index (χ0) is 19.3. The predicted molar refractivity (Wildman–Crippen MR) is 124 cm³/mol. The molecule has 0 bridgehead atoms. The van der Waals surface area contributed by atoms with Gasteiger partial charge < -0.3 is 0 Å². The molecule has 0 aliphatic carbocycles. The maximum absolute atomic E-state index is 2.55. The van der Waals surface area contributed by atoms with E-state index in [0.29, 0.717) is 0 Å². The van der Waals surface area contributed by atoms with Gasteiger partial charge in [-0.3, -0.25) is 0 Å². The molecule has 0 nitrogen and oxygen atoms in total. The molecule has 0 amide bonds. The van der Waals surface area contributed by atoms with E-state index in [1.54, 1.807) is 0 Å². The number of allylic oxidation sites excluding steroid dienone is 8. The van der Waals surface area contributed by atoms with Gasteiger partial charge in [0.2, 0.25) is 0 Å². The molecule has 0 aromatic rings. The first-order valence-electron chi connectivity index (χ1n) is 10.4. The second-order valence-electron chi connectivity index (χ2n) is 7.82. The van der Waals surface area contributed by atoms with E-state index >= 15 is 0 Å². The van der Waals surface area contributed by atoms with Crippen molar-refractivity contribution in [1.29, 1.82) is 0 Å². The molecule has 4 atom stereocenters. The Morgan fingerprint density at radius 3 is 0.840 bits per heavy atom. The molecule has 0 fully saturated rings. The molecule has 0 rings (SSSR count). The average molecular weight is 365 g/mol. The summed E-state index contributed by atoms with van der Waals surface area (Å²) >= 11 is 0. The van der Waals surface area contributed by atoms with Crippen LogP contribution in [0.3, 0.4) is 0 Å². The molecule has 0 aliphatic rings. The van der Waals surface area contributed by atoms with Crippen LogP contribution in [0.2, 0.25) is 0 Å². The summed E-state index contributed by atoms with van der Waals surface area (Å²) in [6, 6.07) is 0. The number of hydrogen-bond acceptors (Lipinski definition) is 0. The Morgan fingerprint density at radius 2 is 0.680 bits per heavy atom. The third-order valence-electron chi connectivity index (χ3n) is 6.32. The molecule has 1 heteroatoms. The van der Waals surface area contributed by atoms with Gasteiger partial charge in [-0.2, -0.15) is 0 Å². The Morgan fingerprint density at radius 1 is 0.480 bits per heavy atom. The molecule has 0 aromatic carbocycles. The van der Waals surface area contributed by atoms with E-state index in [2.05, 4.69) is 104 Å². The fourth-order valence-corrected chi connectivity index (χ4v) is 13.1. The first-order chi connectivity index (χ1) is 11.9. The van der Waals surface area contributed by atoms with Crippen molar-refractivity contribution in [2.75, 3.05) is 0 Å². The summed E-state index contributed by atoms with van der Waals surface area (Å²) in [6.45, 7) is 18.8. The van der Waals surface area contributed by atoms with E-state index < -0.39 is 7.26 Å². The van der Waals surface area contributed by atoms with Crippen LogP contribution >= 0.6 is 7.26 Å². The SMILES string of the molecule is CC=CCC(C)[PH](C(C)CC=CC)(C(C)CC=CC)C(C)CC=CC. The minimum atomic E-state index is -1.56. The van der Waals surface area contributed by atoms with Crippen molar-refractivity contribution in [1.82, 2.24) is 0 Å². The van der Waals surface area contributed by atoms with Gasteiger partial charge in [-0.1, -0.05) is 0 Å². The summed E-state index contributed by atoms with van der Waals surface area (Å²) in [5.74, 6) is 0. The molecule has 146 valence electrons. The van der Waals surface area contributed by atoms with Crippen LogP contribution in [0, 0.1) is 0 Å². The minimum absolute atomic E-state index is 0.810. The van der Waals surface area contributed by atoms with Crippen molar-refractivity contribution in [3.8, 4) is 0 Å². The van der Waals surface area contributed by atoms with Crippen molar-refractivity contribution in [3.63, 3.8) is 0 Å². The molecule has 0 radical (unpaired) electrons. The second-order valence-corrected chi connectivity index (χ2v) is 13.8. The summed E-state index contributed by atoms with van der Waals surface area (Å²) in [4.78, 5) is 0. The van der Waals surface area contributed by atoms with E-state index in [1.807, 2.05) is 0 Å². The monoisotopic (exact) mass is 364 g/mol. The van der Waals surface area contributed by atoms with E-state index in [0.717, 1.165) is 22.6 Å². The first kappa shape index (κ1) is 24.4. The van der Waals surface area contributed by atoms with Gasteiger partial charge in [-0.15, -0.1) is 0 Å². The van der Waals surface area contributed by atoms with Gasteiger partial charge in [-0.05, 0) is 0 Å². The van der Waals surface area contributed by atoms with Crippen LogP contribution in [0.15, 0.2) is 48.6 Å². The molecule has 4 unspecified atom stereocenters. The second kappa shape index (κ2) is 13.6. The van der Waals surface area contributed by atoms with Crippen LogP contribution in [0.5, 0.6) is 0 Å². The summed E-state index contributed by atoms with van der Waals surface area (Å²) in [5, 5.41) is 0. The van der Waals surface area contributed by atoms with Crippen LogP contribution in [0.25, 0.3) is 0 Å². The topological polar surface area (TPSA) is 0 Å². The Labute approximate surface area is 159 Å². The van der Waals surface area contributed by atoms with Gasteiger partial charge in [0, 0.05) is 0 Å².